The maximum absolute atomic E-state index is 12.5. The summed E-state index contributed by atoms with van der Waals surface area (Å²) >= 11 is 0. The van der Waals surface area contributed by atoms with Gasteiger partial charge in [-0.25, -0.2) is 8.42 Å². The molecule has 8 heteroatoms. The number of sulfonamides is 1. The van der Waals surface area contributed by atoms with Crippen molar-refractivity contribution >= 4 is 32.5 Å². The van der Waals surface area contributed by atoms with Gasteiger partial charge >= 0.3 is 0 Å². The van der Waals surface area contributed by atoms with Crippen LogP contribution in [0.1, 0.15) is 17.3 Å². The fourth-order valence-electron chi connectivity index (χ4n) is 2.04. The molecule has 7 nitrogen and oxygen atoms in total. The molecular formula is C14H12N4O3S. The molecule has 0 radical (unpaired) electrons. The van der Waals surface area contributed by atoms with Gasteiger partial charge in [-0.15, -0.1) is 0 Å². The first-order valence-corrected chi connectivity index (χ1v) is 7.89. The Morgan fingerprint density at radius 3 is 2.68 bits per heavy atom. The summed E-state index contributed by atoms with van der Waals surface area (Å²) in [7, 11) is -3.82. The quantitative estimate of drug-likeness (QED) is 0.716. The molecular weight excluding hydrogens is 304 g/mol. The van der Waals surface area contributed by atoms with Crippen molar-refractivity contribution in [3.05, 3.63) is 48.0 Å². The highest BCUT2D eigenvalue weighted by Crippen LogP contribution is 2.23. The molecule has 1 aromatic heterocycles. The van der Waals surface area contributed by atoms with Crippen LogP contribution in [-0.2, 0) is 10.0 Å². The largest absolute Gasteiger partial charge is 0.295 e. The number of anilines is 1. The van der Waals surface area contributed by atoms with Crippen LogP contribution < -0.4 is 4.72 Å². The fraction of sp³-hybridized carbons (Fsp3) is 0.0714. The standard InChI is InChI=1S/C14H12N4O3S/c1-9(19)10-4-2-5-11(8-10)22(20,21)17-13-7-3-6-12-14(13)16-18-15-12/h2-8,17H,1H3,(H,15,16,18). The van der Waals surface area contributed by atoms with Gasteiger partial charge in [0, 0.05) is 5.56 Å². The van der Waals surface area contributed by atoms with E-state index in [-0.39, 0.29) is 10.7 Å². The minimum Gasteiger partial charge on any atom is -0.295 e. The number of para-hydroxylation sites is 1. The first-order valence-electron chi connectivity index (χ1n) is 6.41. The lowest BCUT2D eigenvalue weighted by Crippen LogP contribution is -2.13. The van der Waals surface area contributed by atoms with E-state index in [0.29, 0.717) is 22.3 Å². The molecule has 0 amide bonds. The van der Waals surface area contributed by atoms with E-state index in [0.717, 1.165) is 0 Å². The van der Waals surface area contributed by atoms with Crippen molar-refractivity contribution in [1.82, 2.24) is 15.4 Å². The summed E-state index contributed by atoms with van der Waals surface area (Å²) in [5.74, 6) is -0.198. The van der Waals surface area contributed by atoms with Crippen LogP contribution in [0, 0.1) is 0 Å². The Kier molecular flexibility index (Phi) is 3.38. The highest BCUT2D eigenvalue weighted by Gasteiger charge is 2.17. The van der Waals surface area contributed by atoms with Crippen LogP contribution in [0.5, 0.6) is 0 Å². The van der Waals surface area contributed by atoms with Gasteiger partial charge in [0.25, 0.3) is 10.0 Å². The summed E-state index contributed by atoms with van der Waals surface area (Å²) in [6.07, 6.45) is 0. The normalized spacial score (nSPS) is 11.5. The molecule has 0 atom stereocenters. The van der Waals surface area contributed by atoms with Crippen molar-refractivity contribution < 1.29 is 13.2 Å². The smallest absolute Gasteiger partial charge is 0.261 e. The number of aromatic amines is 1. The van der Waals surface area contributed by atoms with Crippen LogP contribution in [0.15, 0.2) is 47.4 Å². The lowest BCUT2D eigenvalue weighted by Gasteiger charge is -2.09. The molecule has 0 saturated heterocycles. The number of H-pyrrole nitrogens is 1. The van der Waals surface area contributed by atoms with Gasteiger partial charge in [-0.1, -0.05) is 18.2 Å². The third-order valence-corrected chi connectivity index (χ3v) is 4.51. The molecule has 0 aliphatic carbocycles. The van der Waals surface area contributed by atoms with E-state index < -0.39 is 10.0 Å². The summed E-state index contributed by atoms with van der Waals surface area (Å²) < 4.78 is 27.4. The second kappa shape index (κ2) is 5.23. The maximum atomic E-state index is 12.5. The first-order chi connectivity index (χ1) is 10.5. The van der Waals surface area contributed by atoms with Gasteiger partial charge in [0.15, 0.2) is 5.78 Å². The van der Waals surface area contributed by atoms with E-state index in [1.54, 1.807) is 24.3 Å². The molecule has 0 spiro atoms. The Morgan fingerprint density at radius 1 is 1.14 bits per heavy atom. The lowest BCUT2D eigenvalue weighted by molar-refractivity contribution is 0.101. The van der Waals surface area contributed by atoms with Gasteiger partial charge in [0.2, 0.25) is 0 Å². The predicted octanol–water partition coefficient (Wildman–Crippen LogP) is 1.96. The van der Waals surface area contributed by atoms with Crippen molar-refractivity contribution in [3.63, 3.8) is 0 Å². The molecule has 2 N–H and O–H groups in total. The number of carbonyl (C=O) groups excluding carboxylic acids is 1. The van der Waals surface area contributed by atoms with Gasteiger partial charge < -0.3 is 0 Å². The van der Waals surface area contributed by atoms with Gasteiger partial charge in [0.05, 0.1) is 10.6 Å². The number of nitrogens with one attached hydrogen (secondary N) is 2. The summed E-state index contributed by atoms with van der Waals surface area (Å²) in [5.41, 5.74) is 1.63. The average Bonchev–Trinajstić information content (AvgIpc) is 2.97. The second-order valence-electron chi connectivity index (χ2n) is 4.69. The zero-order chi connectivity index (χ0) is 15.7. The number of carbonyl (C=O) groups is 1. The number of aromatic nitrogens is 3. The van der Waals surface area contributed by atoms with Gasteiger partial charge in [-0.3, -0.25) is 9.52 Å². The molecule has 3 aromatic rings. The van der Waals surface area contributed by atoms with Crippen LogP contribution in [-0.4, -0.2) is 29.6 Å². The zero-order valence-electron chi connectivity index (χ0n) is 11.6. The number of hydrogen-bond donors (Lipinski definition) is 2. The van der Waals surface area contributed by atoms with Gasteiger partial charge in [0.1, 0.15) is 11.0 Å². The molecule has 2 aromatic carbocycles. The third-order valence-electron chi connectivity index (χ3n) is 3.14. The van der Waals surface area contributed by atoms with Crippen molar-refractivity contribution in [1.29, 1.82) is 0 Å². The Morgan fingerprint density at radius 2 is 1.91 bits per heavy atom. The number of Topliss-reactive ketones (excluding diaryl/α,β-unsaturated/α-hetero) is 1. The average molecular weight is 316 g/mol. The summed E-state index contributed by atoms with van der Waals surface area (Å²) in [5, 5.41) is 10.3. The van der Waals surface area contributed by atoms with Crippen LogP contribution in [0.25, 0.3) is 11.0 Å². The number of fused-ring (bicyclic) bond motifs is 1. The molecule has 0 bridgehead atoms. The third kappa shape index (κ3) is 2.56. The summed E-state index contributed by atoms with van der Waals surface area (Å²) in [6.45, 7) is 1.38. The number of nitrogens with zero attached hydrogens (tertiary/aromatic N) is 2. The second-order valence-corrected chi connectivity index (χ2v) is 6.37. The van der Waals surface area contributed by atoms with E-state index >= 15 is 0 Å². The number of hydrogen-bond acceptors (Lipinski definition) is 5. The minimum atomic E-state index is -3.82. The van der Waals surface area contributed by atoms with E-state index in [2.05, 4.69) is 20.1 Å². The van der Waals surface area contributed by atoms with Crippen LogP contribution >= 0.6 is 0 Å². The molecule has 0 aliphatic heterocycles. The maximum Gasteiger partial charge on any atom is 0.261 e. The molecule has 0 aliphatic rings. The number of rotatable bonds is 4. The van der Waals surface area contributed by atoms with E-state index in [1.807, 2.05) is 0 Å². The molecule has 112 valence electrons. The Bertz CT molecular complexity index is 963. The highest BCUT2D eigenvalue weighted by atomic mass is 32.2. The van der Waals surface area contributed by atoms with Crippen molar-refractivity contribution in [2.24, 2.45) is 0 Å². The van der Waals surface area contributed by atoms with Crippen molar-refractivity contribution in [2.75, 3.05) is 4.72 Å². The Labute approximate surface area is 126 Å². The monoisotopic (exact) mass is 316 g/mol. The first kappa shape index (κ1) is 14.2. The van der Waals surface area contributed by atoms with Crippen LogP contribution in [0.4, 0.5) is 5.69 Å². The summed E-state index contributed by atoms with van der Waals surface area (Å²) in [4.78, 5) is 11.4. The molecule has 3 rings (SSSR count). The zero-order valence-corrected chi connectivity index (χ0v) is 12.4. The fourth-order valence-corrected chi connectivity index (χ4v) is 3.15. The topological polar surface area (TPSA) is 105 Å². The summed E-state index contributed by atoms with van der Waals surface area (Å²) in [6, 6.07) is 10.9. The molecule has 0 unspecified atom stereocenters. The van der Waals surface area contributed by atoms with Crippen LogP contribution in [0.3, 0.4) is 0 Å². The van der Waals surface area contributed by atoms with Crippen molar-refractivity contribution in [3.8, 4) is 0 Å². The number of ketones is 1. The molecule has 22 heavy (non-hydrogen) atoms. The molecule has 1 heterocycles. The van der Waals surface area contributed by atoms with E-state index in [4.69, 9.17) is 0 Å². The molecule has 0 saturated carbocycles. The minimum absolute atomic E-state index is 0.0145. The van der Waals surface area contributed by atoms with Gasteiger partial charge in [-0.2, -0.15) is 15.4 Å². The highest BCUT2D eigenvalue weighted by molar-refractivity contribution is 7.92. The number of benzene rings is 2. The SMILES string of the molecule is CC(=O)c1cccc(S(=O)(=O)Nc2cccc3n[nH]nc23)c1. The van der Waals surface area contributed by atoms with Crippen LogP contribution in [0.2, 0.25) is 0 Å². The van der Waals surface area contributed by atoms with Gasteiger partial charge in [-0.05, 0) is 31.2 Å². The van der Waals surface area contributed by atoms with Crippen molar-refractivity contribution in [2.45, 2.75) is 11.8 Å². The predicted molar refractivity (Wildman–Crippen MR) is 81.1 cm³/mol. The molecule has 0 fully saturated rings. The van der Waals surface area contributed by atoms with E-state index in [9.17, 15) is 13.2 Å². The Balaban J connectivity index is 2.02. The van der Waals surface area contributed by atoms with E-state index in [1.165, 1.54) is 25.1 Å². The lowest BCUT2D eigenvalue weighted by atomic mass is 10.2. The Hall–Kier alpha value is -2.74.